The molecule has 0 saturated carbocycles. The molecule has 2 aliphatic heterocycles. The van der Waals surface area contributed by atoms with Gasteiger partial charge in [0.2, 0.25) is 5.91 Å². The van der Waals surface area contributed by atoms with Crippen molar-refractivity contribution in [2.75, 3.05) is 25.5 Å². The lowest BCUT2D eigenvalue weighted by Gasteiger charge is -2.26. The van der Waals surface area contributed by atoms with Crippen molar-refractivity contribution in [2.45, 2.75) is 44.4 Å². The van der Waals surface area contributed by atoms with E-state index in [9.17, 15) is 4.79 Å². The van der Waals surface area contributed by atoms with Gasteiger partial charge >= 0.3 is 0 Å². The summed E-state index contributed by atoms with van der Waals surface area (Å²) in [5.74, 6) is 3.54. The number of fused-ring (bicyclic) bond motifs is 1. The summed E-state index contributed by atoms with van der Waals surface area (Å²) in [6, 6.07) is 7.97. The fraction of sp³-hybridized carbons (Fsp3) is 0.435. The van der Waals surface area contributed by atoms with Crippen LogP contribution in [0.25, 0.3) is 11.4 Å². The Bertz CT molecular complexity index is 1130. The Balaban J connectivity index is 1.29. The number of likely N-dealkylation sites (tertiary alicyclic amines) is 1. The molecule has 0 bridgehead atoms. The molecule has 8 nitrogen and oxygen atoms in total. The lowest BCUT2D eigenvalue weighted by Crippen LogP contribution is -2.32. The van der Waals surface area contributed by atoms with E-state index in [4.69, 9.17) is 13.9 Å². The second-order valence-corrected chi connectivity index (χ2v) is 8.82. The van der Waals surface area contributed by atoms with Crippen molar-refractivity contribution in [3.8, 4) is 22.9 Å². The van der Waals surface area contributed by atoms with Crippen molar-refractivity contribution in [3.63, 3.8) is 0 Å². The van der Waals surface area contributed by atoms with Gasteiger partial charge < -0.3 is 23.4 Å². The van der Waals surface area contributed by atoms with Gasteiger partial charge in [0, 0.05) is 13.1 Å². The Labute approximate surface area is 190 Å². The average Bonchev–Trinajstić information content (AvgIpc) is 3.56. The second-order valence-electron chi connectivity index (χ2n) is 7.88. The van der Waals surface area contributed by atoms with Crippen molar-refractivity contribution in [1.82, 2.24) is 19.7 Å². The van der Waals surface area contributed by atoms with Gasteiger partial charge in [-0.25, -0.2) is 0 Å². The fourth-order valence-electron chi connectivity index (χ4n) is 4.38. The van der Waals surface area contributed by atoms with Crippen molar-refractivity contribution in [3.05, 3.63) is 41.9 Å². The van der Waals surface area contributed by atoms with Gasteiger partial charge in [0.05, 0.1) is 23.6 Å². The molecule has 1 aromatic carbocycles. The number of carbonyl (C=O) groups is 1. The molecule has 4 heterocycles. The average molecular weight is 455 g/mol. The molecule has 9 heteroatoms. The number of benzene rings is 1. The summed E-state index contributed by atoms with van der Waals surface area (Å²) in [4.78, 5) is 15.1. The topological polar surface area (TPSA) is 82.6 Å². The molecular formula is C23H26N4O4S. The van der Waals surface area contributed by atoms with Crippen LogP contribution in [0, 0.1) is 6.92 Å². The third kappa shape index (κ3) is 3.85. The molecule has 1 fully saturated rings. The largest absolute Gasteiger partial charge is 0.486 e. The van der Waals surface area contributed by atoms with Gasteiger partial charge in [0.25, 0.3) is 0 Å². The molecule has 2 aromatic heterocycles. The number of furan rings is 1. The van der Waals surface area contributed by atoms with Crippen molar-refractivity contribution < 1.29 is 18.7 Å². The van der Waals surface area contributed by atoms with E-state index in [0.29, 0.717) is 25.5 Å². The lowest BCUT2D eigenvalue weighted by atomic mass is 10.0. The minimum absolute atomic E-state index is 0.0621. The number of thioether (sulfide) groups is 1. The lowest BCUT2D eigenvalue weighted by molar-refractivity contribution is -0.129. The number of nitrogens with zero attached hydrogens (tertiary/aromatic N) is 4. The van der Waals surface area contributed by atoms with E-state index in [2.05, 4.69) is 10.2 Å². The minimum Gasteiger partial charge on any atom is -0.486 e. The molecule has 3 aromatic rings. The van der Waals surface area contributed by atoms with Crippen LogP contribution >= 0.6 is 11.8 Å². The Hall–Kier alpha value is -2.94. The minimum atomic E-state index is 0.0621. The molecule has 1 saturated heterocycles. The third-order valence-corrected chi connectivity index (χ3v) is 6.93. The smallest absolute Gasteiger partial charge is 0.233 e. The first-order chi connectivity index (χ1) is 15.7. The number of ether oxygens (including phenoxy) is 2. The van der Waals surface area contributed by atoms with E-state index in [-0.39, 0.29) is 11.9 Å². The summed E-state index contributed by atoms with van der Waals surface area (Å²) in [5, 5.41) is 9.43. The number of amides is 1. The van der Waals surface area contributed by atoms with E-state index in [1.807, 2.05) is 47.6 Å². The molecule has 0 N–H and O–H groups in total. The number of hydrogen-bond acceptors (Lipinski definition) is 7. The number of carbonyl (C=O) groups excluding carboxylic acids is 1. The predicted octanol–water partition coefficient (Wildman–Crippen LogP) is 4.09. The van der Waals surface area contributed by atoms with Gasteiger partial charge in [-0.3, -0.25) is 4.79 Å². The number of aryl methyl sites for hydroxylation is 1. The highest BCUT2D eigenvalue weighted by atomic mass is 32.2. The predicted molar refractivity (Wildman–Crippen MR) is 120 cm³/mol. The Morgan fingerprint density at radius 1 is 1.19 bits per heavy atom. The number of hydrogen-bond donors (Lipinski definition) is 0. The van der Waals surface area contributed by atoms with Gasteiger partial charge in [-0.1, -0.05) is 17.8 Å². The zero-order valence-electron chi connectivity index (χ0n) is 18.2. The molecular weight excluding hydrogens is 428 g/mol. The van der Waals surface area contributed by atoms with E-state index in [1.54, 1.807) is 6.26 Å². The number of aromatic nitrogens is 3. The summed E-state index contributed by atoms with van der Waals surface area (Å²) in [7, 11) is 0. The van der Waals surface area contributed by atoms with Crippen molar-refractivity contribution in [2.24, 2.45) is 0 Å². The quantitative estimate of drug-likeness (QED) is 0.519. The van der Waals surface area contributed by atoms with Gasteiger partial charge in [-0.05, 0) is 50.5 Å². The Morgan fingerprint density at radius 3 is 2.81 bits per heavy atom. The maximum atomic E-state index is 13.2. The highest BCUT2D eigenvalue weighted by Crippen LogP contribution is 2.38. The molecule has 1 atom stereocenters. The summed E-state index contributed by atoms with van der Waals surface area (Å²) in [6.07, 6.45) is 3.59. The van der Waals surface area contributed by atoms with Crippen molar-refractivity contribution in [1.29, 1.82) is 0 Å². The first kappa shape index (κ1) is 20.9. The van der Waals surface area contributed by atoms with E-state index < -0.39 is 0 Å². The first-order valence-electron chi connectivity index (χ1n) is 10.9. The SMILES string of the molecule is CCn1c(SCC(=O)N2CCCC2c2ccc3c(c2)OCCO3)nnc1-c1ccoc1C. The van der Waals surface area contributed by atoms with Crippen LogP contribution in [0.15, 0.2) is 40.1 Å². The standard InChI is InChI=1S/C23H26N4O4S/c1-3-26-22(17-8-10-29-15(17)2)24-25-23(26)32-14-21(28)27-9-4-5-18(27)16-6-7-19-20(13-16)31-12-11-30-19/h6-8,10,13,18H,3-5,9,11-12,14H2,1-2H3. The van der Waals surface area contributed by atoms with Crippen LogP contribution < -0.4 is 9.47 Å². The molecule has 1 amide bonds. The van der Waals surface area contributed by atoms with Crippen LogP contribution in [-0.4, -0.2) is 51.1 Å². The molecule has 32 heavy (non-hydrogen) atoms. The van der Waals surface area contributed by atoms with Gasteiger partial charge in [-0.15, -0.1) is 10.2 Å². The van der Waals surface area contributed by atoms with Crippen LogP contribution in [0.2, 0.25) is 0 Å². The molecule has 1 unspecified atom stereocenters. The van der Waals surface area contributed by atoms with Crippen LogP contribution in [0.3, 0.4) is 0 Å². The Kier molecular flexibility index (Phi) is 5.82. The normalized spacial score (nSPS) is 17.7. The number of rotatable bonds is 6. The second kappa shape index (κ2) is 8.90. The maximum Gasteiger partial charge on any atom is 0.233 e. The summed E-state index contributed by atoms with van der Waals surface area (Å²) in [6.45, 7) is 6.56. The van der Waals surface area contributed by atoms with Gasteiger partial charge in [-0.2, -0.15) is 0 Å². The molecule has 0 spiro atoms. The highest BCUT2D eigenvalue weighted by molar-refractivity contribution is 7.99. The van der Waals surface area contributed by atoms with Crippen LogP contribution in [0.1, 0.15) is 37.1 Å². The molecule has 2 aliphatic rings. The zero-order chi connectivity index (χ0) is 22.1. The molecule has 5 rings (SSSR count). The third-order valence-electron chi connectivity index (χ3n) is 5.98. The van der Waals surface area contributed by atoms with E-state index in [1.165, 1.54) is 11.8 Å². The molecule has 0 radical (unpaired) electrons. The van der Waals surface area contributed by atoms with Gasteiger partial charge in [0.15, 0.2) is 22.5 Å². The van der Waals surface area contributed by atoms with E-state index in [0.717, 1.165) is 58.8 Å². The molecule has 168 valence electrons. The monoisotopic (exact) mass is 454 g/mol. The van der Waals surface area contributed by atoms with Crippen molar-refractivity contribution >= 4 is 17.7 Å². The van der Waals surface area contributed by atoms with Crippen LogP contribution in [0.4, 0.5) is 0 Å². The summed E-state index contributed by atoms with van der Waals surface area (Å²) in [5.41, 5.74) is 2.02. The highest BCUT2D eigenvalue weighted by Gasteiger charge is 2.31. The van der Waals surface area contributed by atoms with Crippen LogP contribution in [0.5, 0.6) is 11.5 Å². The maximum absolute atomic E-state index is 13.2. The zero-order valence-corrected chi connectivity index (χ0v) is 19.1. The Morgan fingerprint density at radius 2 is 2.03 bits per heavy atom. The van der Waals surface area contributed by atoms with E-state index >= 15 is 0 Å². The van der Waals surface area contributed by atoms with Gasteiger partial charge in [0.1, 0.15) is 19.0 Å². The summed E-state index contributed by atoms with van der Waals surface area (Å²) >= 11 is 1.43. The fourth-order valence-corrected chi connectivity index (χ4v) is 5.27. The first-order valence-corrected chi connectivity index (χ1v) is 11.9. The van der Waals surface area contributed by atoms with Crippen LogP contribution in [-0.2, 0) is 11.3 Å². The molecule has 0 aliphatic carbocycles. The summed E-state index contributed by atoms with van der Waals surface area (Å²) < 4.78 is 18.8.